The van der Waals surface area contributed by atoms with Crippen LogP contribution in [0.4, 0.5) is 4.39 Å². The second kappa shape index (κ2) is 3.97. The number of hydrogen-bond acceptors (Lipinski definition) is 4. The van der Waals surface area contributed by atoms with Gasteiger partial charge in [-0.25, -0.2) is 13.9 Å². The van der Waals surface area contributed by atoms with E-state index in [9.17, 15) is 9.18 Å². The second-order valence-electron chi connectivity index (χ2n) is 2.52. The van der Waals surface area contributed by atoms with Crippen molar-refractivity contribution < 1.29 is 13.9 Å². The summed E-state index contributed by atoms with van der Waals surface area (Å²) in [4.78, 5) is 11.0. The van der Waals surface area contributed by atoms with Crippen LogP contribution in [0.5, 0.6) is 0 Å². The molecule has 0 fully saturated rings. The highest BCUT2D eigenvalue weighted by molar-refractivity contribution is 5.73. The fraction of sp³-hybridized carbons (Fsp3) is 0.571. The number of carbonyl (C=O) groups is 1. The standard InChI is InChI=1S/C7H10FN3O2/c1-5(7(12)13-2)11-4-6(3-8)9-10-11/h4-5H,3H2,1-2H3. The molecular weight excluding hydrogens is 177 g/mol. The van der Waals surface area contributed by atoms with E-state index in [4.69, 9.17) is 0 Å². The van der Waals surface area contributed by atoms with Crippen molar-refractivity contribution in [3.8, 4) is 0 Å². The summed E-state index contributed by atoms with van der Waals surface area (Å²) in [6.45, 7) is 0.913. The number of carbonyl (C=O) groups excluding carboxylic acids is 1. The summed E-state index contributed by atoms with van der Waals surface area (Å²) >= 11 is 0. The van der Waals surface area contributed by atoms with E-state index in [0.29, 0.717) is 0 Å². The van der Waals surface area contributed by atoms with E-state index in [-0.39, 0.29) is 5.69 Å². The first-order valence-corrected chi connectivity index (χ1v) is 3.73. The van der Waals surface area contributed by atoms with Crippen LogP contribution in [-0.4, -0.2) is 28.1 Å². The predicted octanol–water partition coefficient (Wildman–Crippen LogP) is 0.482. The third-order valence-corrected chi connectivity index (χ3v) is 1.63. The molecule has 13 heavy (non-hydrogen) atoms. The number of aromatic nitrogens is 3. The van der Waals surface area contributed by atoms with Gasteiger partial charge in [0.15, 0.2) is 0 Å². The first-order chi connectivity index (χ1) is 6.19. The topological polar surface area (TPSA) is 57.0 Å². The number of nitrogens with zero attached hydrogens (tertiary/aromatic N) is 3. The number of esters is 1. The van der Waals surface area contributed by atoms with E-state index < -0.39 is 18.7 Å². The zero-order valence-electron chi connectivity index (χ0n) is 7.40. The van der Waals surface area contributed by atoms with E-state index in [1.54, 1.807) is 6.92 Å². The SMILES string of the molecule is COC(=O)C(C)n1cc(CF)nn1. The number of alkyl halides is 1. The summed E-state index contributed by atoms with van der Waals surface area (Å²) in [5.41, 5.74) is 0.204. The van der Waals surface area contributed by atoms with Crippen molar-refractivity contribution in [2.45, 2.75) is 19.6 Å². The van der Waals surface area contributed by atoms with Crippen LogP contribution in [0.15, 0.2) is 6.20 Å². The van der Waals surface area contributed by atoms with Gasteiger partial charge < -0.3 is 4.74 Å². The lowest BCUT2D eigenvalue weighted by atomic mass is 10.3. The number of rotatable bonds is 3. The average Bonchev–Trinajstić information content (AvgIpc) is 2.63. The van der Waals surface area contributed by atoms with Gasteiger partial charge in [-0.1, -0.05) is 5.21 Å². The molecule has 1 aromatic rings. The molecule has 1 rings (SSSR count). The molecule has 0 aliphatic rings. The smallest absolute Gasteiger partial charge is 0.330 e. The Hall–Kier alpha value is -1.46. The van der Waals surface area contributed by atoms with Crippen molar-refractivity contribution in [3.05, 3.63) is 11.9 Å². The van der Waals surface area contributed by atoms with E-state index >= 15 is 0 Å². The van der Waals surface area contributed by atoms with Gasteiger partial charge in [0.05, 0.1) is 13.3 Å². The molecule has 1 heterocycles. The van der Waals surface area contributed by atoms with Crippen LogP contribution in [-0.2, 0) is 16.2 Å². The quantitative estimate of drug-likeness (QED) is 0.646. The van der Waals surface area contributed by atoms with Gasteiger partial charge >= 0.3 is 5.97 Å². The highest BCUT2D eigenvalue weighted by Gasteiger charge is 2.16. The Labute approximate surface area is 74.5 Å². The summed E-state index contributed by atoms with van der Waals surface area (Å²) in [5.74, 6) is -0.435. The van der Waals surface area contributed by atoms with Crippen molar-refractivity contribution in [2.24, 2.45) is 0 Å². The van der Waals surface area contributed by atoms with Gasteiger partial charge in [-0.15, -0.1) is 5.10 Å². The zero-order valence-corrected chi connectivity index (χ0v) is 7.40. The molecule has 0 saturated heterocycles. The summed E-state index contributed by atoms with van der Waals surface area (Å²) < 4.78 is 17.8. The molecule has 5 nitrogen and oxygen atoms in total. The highest BCUT2D eigenvalue weighted by Crippen LogP contribution is 2.06. The minimum atomic E-state index is -0.687. The maximum absolute atomic E-state index is 12.1. The van der Waals surface area contributed by atoms with Gasteiger partial charge in [-0.3, -0.25) is 0 Å². The lowest BCUT2D eigenvalue weighted by molar-refractivity contribution is -0.144. The minimum Gasteiger partial charge on any atom is -0.467 e. The normalized spacial score (nSPS) is 12.5. The Morgan fingerprint density at radius 2 is 2.54 bits per heavy atom. The van der Waals surface area contributed by atoms with Crippen molar-refractivity contribution in [2.75, 3.05) is 7.11 Å². The molecule has 0 saturated carbocycles. The molecular formula is C7H10FN3O2. The van der Waals surface area contributed by atoms with Crippen molar-refractivity contribution in [3.63, 3.8) is 0 Å². The van der Waals surface area contributed by atoms with Crippen molar-refractivity contribution in [1.82, 2.24) is 15.0 Å². The monoisotopic (exact) mass is 187 g/mol. The second-order valence-corrected chi connectivity index (χ2v) is 2.52. The molecule has 0 bridgehead atoms. The Morgan fingerprint density at radius 3 is 3.00 bits per heavy atom. The Kier molecular flexibility index (Phi) is 2.94. The van der Waals surface area contributed by atoms with Gasteiger partial charge in [0.1, 0.15) is 18.4 Å². The first kappa shape index (κ1) is 9.63. The molecule has 0 spiro atoms. The first-order valence-electron chi connectivity index (χ1n) is 3.73. The molecule has 0 radical (unpaired) electrons. The predicted molar refractivity (Wildman–Crippen MR) is 41.6 cm³/mol. The Bertz CT molecular complexity index is 300. The molecule has 1 unspecified atom stereocenters. The van der Waals surface area contributed by atoms with Gasteiger partial charge in [-0.05, 0) is 6.92 Å². The molecule has 1 aromatic heterocycles. The number of ether oxygens (including phenoxy) is 1. The van der Waals surface area contributed by atoms with Gasteiger partial charge in [0.25, 0.3) is 0 Å². The van der Waals surface area contributed by atoms with Gasteiger partial charge in [0, 0.05) is 0 Å². The minimum absolute atomic E-state index is 0.204. The lowest BCUT2D eigenvalue weighted by Crippen LogP contribution is -2.18. The fourth-order valence-corrected chi connectivity index (χ4v) is 0.842. The average molecular weight is 187 g/mol. The van der Waals surface area contributed by atoms with E-state index in [0.717, 1.165) is 0 Å². The van der Waals surface area contributed by atoms with Crippen LogP contribution < -0.4 is 0 Å². The van der Waals surface area contributed by atoms with Gasteiger partial charge in [0.2, 0.25) is 0 Å². The van der Waals surface area contributed by atoms with Gasteiger partial charge in [-0.2, -0.15) is 0 Å². The third kappa shape index (κ3) is 2.01. The molecule has 6 heteroatoms. The van der Waals surface area contributed by atoms with Crippen LogP contribution in [0, 0.1) is 0 Å². The summed E-state index contributed by atoms with van der Waals surface area (Å²) in [6.07, 6.45) is 1.38. The summed E-state index contributed by atoms with van der Waals surface area (Å²) in [7, 11) is 1.28. The Morgan fingerprint density at radius 1 is 1.85 bits per heavy atom. The van der Waals surface area contributed by atoms with E-state index in [1.807, 2.05) is 0 Å². The van der Waals surface area contributed by atoms with Crippen LogP contribution in [0.1, 0.15) is 18.7 Å². The molecule has 0 aromatic carbocycles. The molecule has 0 N–H and O–H groups in total. The van der Waals surface area contributed by atoms with Crippen LogP contribution in [0.25, 0.3) is 0 Å². The molecule has 0 aliphatic heterocycles. The van der Waals surface area contributed by atoms with Crippen LogP contribution >= 0.6 is 0 Å². The largest absolute Gasteiger partial charge is 0.467 e. The number of halogens is 1. The maximum atomic E-state index is 12.1. The molecule has 72 valence electrons. The third-order valence-electron chi connectivity index (χ3n) is 1.63. The van der Waals surface area contributed by atoms with Crippen molar-refractivity contribution in [1.29, 1.82) is 0 Å². The highest BCUT2D eigenvalue weighted by atomic mass is 19.1. The summed E-state index contributed by atoms with van der Waals surface area (Å²) in [6, 6.07) is -0.571. The fourth-order valence-electron chi connectivity index (χ4n) is 0.842. The summed E-state index contributed by atoms with van der Waals surface area (Å²) in [5, 5.41) is 7.08. The van der Waals surface area contributed by atoms with Crippen molar-refractivity contribution >= 4 is 5.97 Å². The molecule has 0 amide bonds. The maximum Gasteiger partial charge on any atom is 0.330 e. The zero-order chi connectivity index (χ0) is 9.84. The Balaban J connectivity index is 2.76. The van der Waals surface area contributed by atoms with E-state index in [1.165, 1.54) is 18.0 Å². The van der Waals surface area contributed by atoms with Crippen LogP contribution in [0.3, 0.4) is 0 Å². The lowest BCUT2D eigenvalue weighted by Gasteiger charge is -2.07. The van der Waals surface area contributed by atoms with Crippen LogP contribution in [0.2, 0.25) is 0 Å². The molecule has 0 aliphatic carbocycles. The van der Waals surface area contributed by atoms with E-state index in [2.05, 4.69) is 15.0 Å². The molecule has 1 atom stereocenters. The number of methoxy groups -OCH3 is 1. The number of hydrogen-bond donors (Lipinski definition) is 0.